The third-order valence-corrected chi connectivity index (χ3v) is 6.60. The van der Waals surface area contributed by atoms with Crippen molar-refractivity contribution < 1.29 is 8.42 Å². The fourth-order valence-electron chi connectivity index (χ4n) is 3.16. The lowest BCUT2D eigenvalue weighted by atomic mass is 10.1. The van der Waals surface area contributed by atoms with E-state index in [1.165, 1.54) is 0 Å². The molecule has 0 radical (unpaired) electrons. The molecule has 1 aromatic heterocycles. The lowest BCUT2D eigenvalue weighted by Gasteiger charge is -2.22. The number of pyridine rings is 1. The lowest BCUT2D eigenvalue weighted by Crippen LogP contribution is -2.26. The molecule has 1 aliphatic rings. The molecule has 1 aliphatic heterocycles. The summed E-state index contributed by atoms with van der Waals surface area (Å²) in [6.07, 6.45) is 0. The Bertz CT molecular complexity index is 1170. The Kier molecular flexibility index (Phi) is 4.06. The molecule has 0 unspecified atom stereocenters. The highest BCUT2D eigenvalue weighted by molar-refractivity contribution is 7.91. The second kappa shape index (κ2) is 6.27. The van der Waals surface area contributed by atoms with E-state index in [0.717, 1.165) is 5.56 Å². The van der Waals surface area contributed by atoms with E-state index in [-0.39, 0.29) is 5.75 Å². The summed E-state index contributed by atoms with van der Waals surface area (Å²) in [6, 6.07) is 16.0. The first-order valence-corrected chi connectivity index (χ1v) is 10.1. The van der Waals surface area contributed by atoms with Crippen LogP contribution in [0.5, 0.6) is 0 Å². The molecule has 3 aromatic rings. The average molecular weight is 384 g/mol. The van der Waals surface area contributed by atoms with Crippen LogP contribution in [0.25, 0.3) is 10.9 Å². The fourth-order valence-corrected chi connectivity index (χ4v) is 4.91. The van der Waals surface area contributed by atoms with Gasteiger partial charge in [-0.1, -0.05) is 29.8 Å². The number of anilines is 1. The normalized spacial score (nSPS) is 15.9. The number of fused-ring (bicyclic) bond motifs is 2. The molecular formula is C19H14ClN3O2S. The summed E-state index contributed by atoms with van der Waals surface area (Å²) in [6.45, 7) is 0.780. The summed E-state index contributed by atoms with van der Waals surface area (Å²) in [4.78, 5) is 6.94. The molecule has 0 aliphatic carbocycles. The van der Waals surface area contributed by atoms with Gasteiger partial charge in [0, 0.05) is 18.5 Å². The largest absolute Gasteiger partial charge is 0.351 e. The first-order valence-electron chi connectivity index (χ1n) is 8.04. The minimum absolute atomic E-state index is 0.0225. The van der Waals surface area contributed by atoms with Gasteiger partial charge in [0.15, 0.2) is 9.84 Å². The van der Waals surface area contributed by atoms with Gasteiger partial charge < -0.3 is 4.90 Å². The van der Waals surface area contributed by atoms with Crippen LogP contribution in [0.2, 0.25) is 5.02 Å². The van der Waals surface area contributed by atoms with Crippen LogP contribution in [-0.4, -0.2) is 25.7 Å². The molecule has 7 heteroatoms. The molecule has 0 amide bonds. The summed E-state index contributed by atoms with van der Waals surface area (Å²) in [5.41, 5.74) is 1.94. The van der Waals surface area contributed by atoms with Crippen molar-refractivity contribution in [3.8, 4) is 6.07 Å². The van der Waals surface area contributed by atoms with E-state index in [4.69, 9.17) is 16.9 Å². The highest BCUT2D eigenvalue weighted by atomic mass is 35.5. The standard InChI is InChI=1S/C19H14ClN3O2S/c20-16-10-19(22-17-6-5-13(11-21)9-15(16)17)23-7-8-26(24,25)18-4-2-1-3-14(18)12-23/h1-6,9-10H,7-8,12H2. The van der Waals surface area contributed by atoms with Gasteiger partial charge in [-0.25, -0.2) is 13.4 Å². The summed E-state index contributed by atoms with van der Waals surface area (Å²) < 4.78 is 25.0. The zero-order valence-electron chi connectivity index (χ0n) is 13.7. The highest BCUT2D eigenvalue weighted by Gasteiger charge is 2.26. The summed E-state index contributed by atoms with van der Waals surface area (Å²) in [7, 11) is -3.32. The third-order valence-electron chi connectivity index (χ3n) is 4.50. The molecule has 0 N–H and O–H groups in total. The smallest absolute Gasteiger partial charge is 0.180 e. The second-order valence-corrected chi connectivity index (χ2v) is 8.64. The van der Waals surface area contributed by atoms with E-state index in [2.05, 4.69) is 11.1 Å². The Hall–Kier alpha value is -2.62. The molecule has 26 heavy (non-hydrogen) atoms. The van der Waals surface area contributed by atoms with Gasteiger partial charge in [-0.15, -0.1) is 0 Å². The number of nitrogens with zero attached hydrogens (tertiary/aromatic N) is 3. The molecule has 0 fully saturated rings. The molecule has 0 spiro atoms. The molecule has 0 saturated heterocycles. The third kappa shape index (κ3) is 2.90. The van der Waals surface area contributed by atoms with Crippen molar-refractivity contribution in [3.05, 3.63) is 64.7 Å². The Morgan fingerprint density at radius 1 is 1.15 bits per heavy atom. The van der Waals surface area contributed by atoms with Crippen molar-refractivity contribution in [3.63, 3.8) is 0 Å². The van der Waals surface area contributed by atoms with Crippen LogP contribution in [0.4, 0.5) is 5.82 Å². The minimum atomic E-state index is -3.32. The summed E-state index contributed by atoms with van der Waals surface area (Å²) >= 11 is 6.41. The lowest BCUT2D eigenvalue weighted by molar-refractivity contribution is 0.596. The highest BCUT2D eigenvalue weighted by Crippen LogP contribution is 2.30. The van der Waals surface area contributed by atoms with E-state index in [1.807, 2.05) is 17.0 Å². The average Bonchev–Trinajstić information content (AvgIpc) is 2.78. The predicted molar refractivity (Wildman–Crippen MR) is 101 cm³/mol. The molecular weight excluding hydrogens is 370 g/mol. The molecule has 2 heterocycles. The summed E-state index contributed by atoms with van der Waals surface area (Å²) in [5.74, 6) is 0.647. The zero-order valence-corrected chi connectivity index (χ0v) is 15.3. The van der Waals surface area contributed by atoms with Gasteiger partial charge in [-0.2, -0.15) is 5.26 Å². The van der Waals surface area contributed by atoms with E-state index in [9.17, 15) is 8.42 Å². The van der Waals surface area contributed by atoms with E-state index in [1.54, 1.807) is 36.4 Å². The minimum Gasteiger partial charge on any atom is -0.351 e. The van der Waals surface area contributed by atoms with Crippen molar-refractivity contribution in [2.45, 2.75) is 11.4 Å². The second-order valence-electron chi connectivity index (χ2n) is 6.15. The molecule has 5 nitrogen and oxygen atoms in total. The maximum atomic E-state index is 12.5. The first kappa shape index (κ1) is 16.8. The van der Waals surface area contributed by atoms with Gasteiger partial charge in [0.25, 0.3) is 0 Å². The number of aromatic nitrogens is 1. The molecule has 0 atom stereocenters. The van der Waals surface area contributed by atoms with Crippen molar-refractivity contribution in [1.82, 2.24) is 4.98 Å². The molecule has 0 saturated carbocycles. The maximum absolute atomic E-state index is 12.5. The van der Waals surface area contributed by atoms with Crippen molar-refractivity contribution >= 4 is 38.2 Å². The number of rotatable bonds is 1. The Labute approximate surface area is 156 Å². The van der Waals surface area contributed by atoms with Crippen molar-refractivity contribution in [2.75, 3.05) is 17.2 Å². The van der Waals surface area contributed by atoms with Crippen LogP contribution in [0.3, 0.4) is 0 Å². The number of benzene rings is 2. The Balaban J connectivity index is 1.80. The van der Waals surface area contributed by atoms with Gasteiger partial charge in [0.2, 0.25) is 0 Å². The van der Waals surface area contributed by atoms with Gasteiger partial charge in [-0.3, -0.25) is 0 Å². The SMILES string of the molecule is N#Cc1ccc2nc(N3CCS(=O)(=O)c4ccccc4C3)cc(Cl)c2c1. The molecule has 2 aromatic carbocycles. The number of hydrogen-bond donors (Lipinski definition) is 0. The number of hydrogen-bond acceptors (Lipinski definition) is 5. The van der Waals surface area contributed by atoms with Crippen molar-refractivity contribution in [2.24, 2.45) is 0 Å². The quantitative estimate of drug-likeness (QED) is 0.642. The monoisotopic (exact) mass is 383 g/mol. The number of nitriles is 1. The molecule has 4 rings (SSSR count). The van der Waals surface area contributed by atoms with Gasteiger partial charge in [0.1, 0.15) is 5.82 Å². The van der Waals surface area contributed by atoms with Crippen LogP contribution in [0.15, 0.2) is 53.4 Å². The first-order chi connectivity index (χ1) is 12.5. The van der Waals surface area contributed by atoms with Gasteiger partial charge in [0.05, 0.1) is 32.8 Å². The number of halogens is 1. The van der Waals surface area contributed by atoms with E-state index < -0.39 is 9.84 Å². The summed E-state index contributed by atoms with van der Waals surface area (Å²) in [5, 5.41) is 10.2. The van der Waals surface area contributed by atoms with Crippen LogP contribution in [0.1, 0.15) is 11.1 Å². The van der Waals surface area contributed by atoms with Crippen molar-refractivity contribution in [1.29, 1.82) is 5.26 Å². The Morgan fingerprint density at radius 3 is 2.77 bits per heavy atom. The van der Waals surface area contributed by atoms with Crippen LogP contribution in [0, 0.1) is 11.3 Å². The van der Waals surface area contributed by atoms with Gasteiger partial charge in [-0.05, 0) is 35.9 Å². The van der Waals surface area contributed by atoms with E-state index in [0.29, 0.717) is 45.3 Å². The predicted octanol–water partition coefficient (Wildman–Crippen LogP) is 3.55. The topological polar surface area (TPSA) is 74.1 Å². The van der Waals surface area contributed by atoms with Crippen LogP contribution < -0.4 is 4.90 Å². The fraction of sp³-hybridized carbons (Fsp3) is 0.158. The zero-order chi connectivity index (χ0) is 18.3. The Morgan fingerprint density at radius 2 is 1.96 bits per heavy atom. The molecule has 0 bridgehead atoms. The van der Waals surface area contributed by atoms with Gasteiger partial charge >= 0.3 is 0 Å². The van der Waals surface area contributed by atoms with Crippen LogP contribution >= 0.6 is 11.6 Å². The molecule has 130 valence electrons. The van der Waals surface area contributed by atoms with E-state index >= 15 is 0 Å². The van der Waals surface area contributed by atoms with Crippen LogP contribution in [-0.2, 0) is 16.4 Å². The maximum Gasteiger partial charge on any atom is 0.180 e. The number of sulfone groups is 1.